The normalized spacial score (nSPS) is 18.7. The lowest BCUT2D eigenvalue weighted by atomic mass is 9.91. The first-order valence-corrected chi connectivity index (χ1v) is 5.46. The molecule has 4 nitrogen and oxygen atoms in total. The zero-order chi connectivity index (χ0) is 13.4. The first kappa shape index (κ1) is 12.5. The van der Waals surface area contributed by atoms with E-state index >= 15 is 0 Å². The van der Waals surface area contributed by atoms with E-state index in [9.17, 15) is 18.4 Å². The molecule has 1 atom stereocenters. The van der Waals surface area contributed by atoms with Gasteiger partial charge in [0.05, 0.1) is 5.69 Å². The summed E-state index contributed by atoms with van der Waals surface area (Å²) in [6, 6.07) is 1.70. The summed E-state index contributed by atoms with van der Waals surface area (Å²) in [6.07, 6.45) is 0. The van der Waals surface area contributed by atoms with Crippen molar-refractivity contribution in [3.8, 4) is 0 Å². The largest absolute Gasteiger partial charge is 0.481 e. The number of hydrogen-bond donors (Lipinski definition) is 1. The minimum absolute atomic E-state index is 0.0251. The summed E-state index contributed by atoms with van der Waals surface area (Å²) < 4.78 is 26.3. The van der Waals surface area contributed by atoms with Crippen LogP contribution in [-0.2, 0) is 4.79 Å². The van der Waals surface area contributed by atoms with Crippen LogP contribution in [0.5, 0.6) is 0 Å². The summed E-state index contributed by atoms with van der Waals surface area (Å²) in [4.78, 5) is 24.4. The summed E-state index contributed by atoms with van der Waals surface area (Å²) in [6.45, 7) is 2.14. The maximum atomic E-state index is 13.2. The molecule has 0 bridgehead atoms. The molecule has 0 spiro atoms. The number of anilines is 1. The van der Waals surface area contributed by atoms with Gasteiger partial charge in [-0.15, -0.1) is 0 Å². The second-order valence-electron chi connectivity index (χ2n) is 4.08. The Morgan fingerprint density at radius 1 is 1.44 bits per heavy atom. The van der Waals surface area contributed by atoms with Crippen LogP contribution < -0.4 is 4.90 Å². The van der Waals surface area contributed by atoms with E-state index in [0.717, 1.165) is 12.1 Å². The second kappa shape index (κ2) is 4.36. The molecule has 0 saturated heterocycles. The smallest absolute Gasteiger partial charge is 0.316 e. The van der Waals surface area contributed by atoms with Crippen LogP contribution in [0.1, 0.15) is 17.3 Å². The number of Topliss-reactive ketones (excluding diaryl/α,β-unsaturated/α-hetero) is 1. The predicted molar refractivity (Wildman–Crippen MR) is 59.7 cm³/mol. The zero-order valence-electron chi connectivity index (χ0n) is 9.61. The van der Waals surface area contributed by atoms with Crippen LogP contribution in [-0.4, -0.2) is 29.9 Å². The van der Waals surface area contributed by atoms with Crippen LogP contribution in [0.2, 0.25) is 0 Å². The maximum Gasteiger partial charge on any atom is 0.316 e. The number of carbonyl (C=O) groups is 2. The van der Waals surface area contributed by atoms with Gasteiger partial charge < -0.3 is 10.0 Å². The molecule has 1 aliphatic heterocycles. The predicted octanol–water partition coefficient (Wildman–Crippen LogP) is 1.69. The second-order valence-corrected chi connectivity index (χ2v) is 4.08. The van der Waals surface area contributed by atoms with Gasteiger partial charge in [-0.05, 0) is 13.0 Å². The molecule has 0 aliphatic carbocycles. The SMILES string of the molecule is CCN1CC(C(=O)O)C(=O)c2cc(F)c(F)cc21. The van der Waals surface area contributed by atoms with E-state index in [1.165, 1.54) is 0 Å². The number of hydrogen-bond acceptors (Lipinski definition) is 3. The number of benzene rings is 1. The summed E-state index contributed by atoms with van der Waals surface area (Å²) in [7, 11) is 0. The van der Waals surface area contributed by atoms with E-state index in [1.807, 2.05) is 0 Å². The number of ketones is 1. The summed E-state index contributed by atoms with van der Waals surface area (Å²) in [5.41, 5.74) is 0.174. The van der Waals surface area contributed by atoms with Gasteiger partial charge in [0.15, 0.2) is 17.4 Å². The van der Waals surface area contributed by atoms with E-state index in [-0.39, 0.29) is 17.8 Å². The van der Waals surface area contributed by atoms with E-state index in [0.29, 0.717) is 6.54 Å². The molecule has 6 heteroatoms. The minimum Gasteiger partial charge on any atom is -0.481 e. The molecule has 0 radical (unpaired) electrons. The molecule has 1 N–H and O–H groups in total. The summed E-state index contributed by atoms with van der Waals surface area (Å²) in [5.74, 6) is -5.37. The Morgan fingerprint density at radius 3 is 2.61 bits per heavy atom. The molecule has 1 aromatic carbocycles. The highest BCUT2D eigenvalue weighted by Crippen LogP contribution is 2.31. The fourth-order valence-electron chi connectivity index (χ4n) is 2.07. The highest BCUT2D eigenvalue weighted by atomic mass is 19.2. The Hall–Kier alpha value is -1.98. The van der Waals surface area contributed by atoms with Gasteiger partial charge in [-0.25, -0.2) is 8.78 Å². The van der Waals surface area contributed by atoms with E-state index < -0.39 is 29.3 Å². The van der Waals surface area contributed by atoms with Crippen molar-refractivity contribution in [2.75, 3.05) is 18.0 Å². The topological polar surface area (TPSA) is 57.6 Å². The molecule has 1 unspecified atom stereocenters. The zero-order valence-corrected chi connectivity index (χ0v) is 9.61. The van der Waals surface area contributed by atoms with E-state index in [4.69, 9.17) is 5.11 Å². The highest BCUT2D eigenvalue weighted by molar-refractivity contribution is 6.13. The number of nitrogens with zero attached hydrogens (tertiary/aromatic N) is 1. The van der Waals surface area contributed by atoms with Gasteiger partial charge in [0.2, 0.25) is 0 Å². The maximum absolute atomic E-state index is 13.2. The monoisotopic (exact) mass is 255 g/mol. The fourth-order valence-corrected chi connectivity index (χ4v) is 2.07. The van der Waals surface area contributed by atoms with Gasteiger partial charge in [-0.2, -0.15) is 0 Å². The van der Waals surface area contributed by atoms with Crippen molar-refractivity contribution in [1.82, 2.24) is 0 Å². The summed E-state index contributed by atoms with van der Waals surface area (Å²) >= 11 is 0. The van der Waals surface area contributed by atoms with Gasteiger partial charge in [-0.3, -0.25) is 9.59 Å². The quantitative estimate of drug-likeness (QED) is 0.817. The van der Waals surface area contributed by atoms with Crippen molar-refractivity contribution in [1.29, 1.82) is 0 Å². The highest BCUT2D eigenvalue weighted by Gasteiger charge is 2.36. The Morgan fingerprint density at radius 2 is 2.06 bits per heavy atom. The molecule has 0 fully saturated rings. The molecule has 1 aromatic rings. The lowest BCUT2D eigenvalue weighted by Gasteiger charge is -2.32. The molecule has 0 saturated carbocycles. The number of carboxylic acids is 1. The van der Waals surface area contributed by atoms with E-state index in [1.54, 1.807) is 11.8 Å². The van der Waals surface area contributed by atoms with Gasteiger partial charge in [-0.1, -0.05) is 0 Å². The molecular weight excluding hydrogens is 244 g/mol. The lowest BCUT2D eigenvalue weighted by molar-refractivity contribution is -0.139. The third-order valence-electron chi connectivity index (χ3n) is 3.04. The van der Waals surface area contributed by atoms with Crippen LogP contribution in [0.4, 0.5) is 14.5 Å². The van der Waals surface area contributed by atoms with Crippen molar-refractivity contribution in [2.45, 2.75) is 6.92 Å². The van der Waals surface area contributed by atoms with E-state index in [2.05, 4.69) is 0 Å². The van der Waals surface area contributed by atoms with Crippen molar-refractivity contribution in [3.63, 3.8) is 0 Å². The molecule has 96 valence electrons. The van der Waals surface area contributed by atoms with Gasteiger partial charge in [0.25, 0.3) is 0 Å². The fraction of sp³-hybridized carbons (Fsp3) is 0.333. The lowest BCUT2D eigenvalue weighted by Crippen LogP contribution is -2.42. The van der Waals surface area contributed by atoms with Gasteiger partial charge in [0.1, 0.15) is 5.92 Å². The number of aliphatic carboxylic acids is 1. The number of rotatable bonds is 2. The van der Waals surface area contributed by atoms with Crippen molar-refractivity contribution in [2.24, 2.45) is 5.92 Å². The first-order chi connectivity index (χ1) is 8.45. The molecule has 0 amide bonds. The Bertz CT molecular complexity index is 530. The Kier molecular flexibility index (Phi) is 3.02. The van der Waals surface area contributed by atoms with Crippen LogP contribution in [0.25, 0.3) is 0 Å². The van der Waals surface area contributed by atoms with Crippen LogP contribution in [0.15, 0.2) is 12.1 Å². The molecule has 1 heterocycles. The molecule has 2 rings (SSSR count). The number of halogens is 2. The summed E-state index contributed by atoms with van der Waals surface area (Å²) in [5, 5.41) is 8.96. The average molecular weight is 255 g/mol. The standard InChI is InChI=1S/C12H11F2NO3/c1-2-15-5-7(12(17)18)11(16)6-3-8(13)9(14)4-10(6)15/h3-4,7H,2,5H2,1H3,(H,17,18). The number of carboxylic acid groups (broad SMARTS) is 1. The molecule has 18 heavy (non-hydrogen) atoms. The Balaban J connectivity index is 2.57. The van der Waals surface area contributed by atoms with Crippen molar-refractivity contribution < 1.29 is 23.5 Å². The molecular formula is C12H11F2NO3. The number of fused-ring (bicyclic) bond motifs is 1. The molecule has 0 aromatic heterocycles. The van der Waals surface area contributed by atoms with Crippen LogP contribution >= 0.6 is 0 Å². The first-order valence-electron chi connectivity index (χ1n) is 5.46. The van der Waals surface area contributed by atoms with Gasteiger partial charge >= 0.3 is 5.97 Å². The molecule has 1 aliphatic rings. The average Bonchev–Trinajstić information content (AvgIpc) is 2.32. The third-order valence-corrected chi connectivity index (χ3v) is 3.04. The van der Waals surface area contributed by atoms with Gasteiger partial charge in [0, 0.05) is 24.7 Å². The third kappa shape index (κ3) is 1.83. The number of carbonyl (C=O) groups excluding carboxylic acids is 1. The minimum atomic E-state index is -1.26. The van der Waals surface area contributed by atoms with Crippen molar-refractivity contribution >= 4 is 17.4 Å². The van der Waals surface area contributed by atoms with Crippen LogP contribution in [0.3, 0.4) is 0 Å². The Labute approximate surface area is 102 Å². The van der Waals surface area contributed by atoms with Crippen LogP contribution in [0, 0.1) is 17.6 Å². The van der Waals surface area contributed by atoms with Crippen molar-refractivity contribution in [3.05, 3.63) is 29.3 Å².